The number of amides is 1. The number of aliphatic hydroxyl groups excluding tert-OH is 1. The number of alkyl halides is 1. The number of carbonyl (C=O) groups excluding carboxylic acids is 4. The molecular formula is C31H42FNO10. The van der Waals surface area contributed by atoms with Crippen LogP contribution in [0, 0.1) is 28.6 Å². The second kappa shape index (κ2) is 10.8. The molecule has 0 aromatic heterocycles. The normalized spacial score (nSPS) is 38.3. The van der Waals surface area contributed by atoms with Gasteiger partial charge < -0.3 is 24.8 Å². The van der Waals surface area contributed by atoms with Gasteiger partial charge in [-0.1, -0.05) is 25.5 Å². The molecule has 0 radical (unpaired) electrons. The molecule has 2 unspecified atom stereocenters. The summed E-state index contributed by atoms with van der Waals surface area (Å²) in [5.41, 5.74) is -7.01. The van der Waals surface area contributed by atoms with E-state index in [1.54, 1.807) is 41.5 Å². The fourth-order valence-electron chi connectivity index (χ4n) is 8.27. The predicted octanol–water partition coefficient (Wildman–Crippen LogP) is 2.77. The number of Topliss-reactive ketones (excluding diaryl/α,β-unsaturated/α-hetero) is 1. The first-order chi connectivity index (χ1) is 19.7. The highest BCUT2D eigenvalue weighted by atomic mass is 19.1. The molecule has 0 bridgehead atoms. The fraction of sp³-hybridized carbons (Fsp3) is 0.710. The van der Waals surface area contributed by atoms with Gasteiger partial charge in [0.15, 0.2) is 18.1 Å². The van der Waals surface area contributed by atoms with Crippen LogP contribution in [0.25, 0.3) is 0 Å². The highest BCUT2D eigenvalue weighted by Crippen LogP contribution is 2.70. The number of aliphatic carboxylic acids is 1. The van der Waals surface area contributed by atoms with Crippen LogP contribution in [-0.4, -0.2) is 92.5 Å². The number of allylic oxidation sites excluding steroid dienone is 4. The molecule has 0 aliphatic heterocycles. The summed E-state index contributed by atoms with van der Waals surface area (Å²) >= 11 is 0. The van der Waals surface area contributed by atoms with Gasteiger partial charge in [-0.3, -0.25) is 24.1 Å². The van der Waals surface area contributed by atoms with Gasteiger partial charge >= 0.3 is 18.0 Å². The van der Waals surface area contributed by atoms with Crippen LogP contribution < -0.4 is 0 Å². The smallest absolute Gasteiger partial charge is 0.411 e. The van der Waals surface area contributed by atoms with Gasteiger partial charge in [0.1, 0.15) is 24.3 Å². The molecule has 238 valence electrons. The van der Waals surface area contributed by atoms with E-state index >= 15 is 4.39 Å². The van der Waals surface area contributed by atoms with Gasteiger partial charge in [-0.2, -0.15) is 0 Å². The number of carbonyl (C=O) groups is 5. The second-order valence-corrected chi connectivity index (χ2v) is 14.0. The number of ether oxygens (including phenoxy) is 2. The number of halogens is 1. The van der Waals surface area contributed by atoms with E-state index in [-0.39, 0.29) is 12.2 Å². The zero-order chi connectivity index (χ0) is 32.3. The quantitative estimate of drug-likeness (QED) is 0.366. The zero-order valence-corrected chi connectivity index (χ0v) is 25.5. The van der Waals surface area contributed by atoms with Crippen LogP contribution in [0.5, 0.6) is 0 Å². The number of hydrogen-bond acceptors (Lipinski definition) is 9. The third kappa shape index (κ3) is 5.20. The first kappa shape index (κ1) is 32.8. The highest BCUT2D eigenvalue weighted by molar-refractivity contribution is 6.01. The SMILES string of the molecule is C[C@H]1CC2C3CCC4=CC(=O)C=C[C@]4(C)[C@@]3(F)[C@@H](O)C[C@]2(C)[C@@]1(O)C(=O)COC(=O)CN(CC(=O)O)C(=O)OC(C)(C)C. The van der Waals surface area contributed by atoms with Crippen molar-refractivity contribution >= 4 is 29.6 Å². The first-order valence-electron chi connectivity index (χ1n) is 14.6. The summed E-state index contributed by atoms with van der Waals surface area (Å²) in [6.07, 6.45) is 2.48. The molecule has 11 nitrogen and oxygen atoms in total. The third-order valence-electron chi connectivity index (χ3n) is 10.3. The molecule has 8 atom stereocenters. The molecule has 43 heavy (non-hydrogen) atoms. The van der Waals surface area contributed by atoms with Crippen molar-refractivity contribution in [1.82, 2.24) is 4.90 Å². The highest BCUT2D eigenvalue weighted by Gasteiger charge is 2.75. The Morgan fingerprint density at radius 3 is 2.40 bits per heavy atom. The minimum Gasteiger partial charge on any atom is -0.480 e. The van der Waals surface area contributed by atoms with Crippen LogP contribution >= 0.6 is 0 Å². The van der Waals surface area contributed by atoms with Gasteiger partial charge in [-0.25, -0.2) is 9.18 Å². The van der Waals surface area contributed by atoms with E-state index in [1.807, 2.05) is 0 Å². The molecule has 3 fully saturated rings. The maximum absolute atomic E-state index is 17.3. The summed E-state index contributed by atoms with van der Waals surface area (Å²) in [4.78, 5) is 62.6. The summed E-state index contributed by atoms with van der Waals surface area (Å²) < 4.78 is 27.6. The van der Waals surface area contributed by atoms with E-state index in [1.165, 1.54) is 18.2 Å². The lowest BCUT2D eigenvalue weighted by molar-refractivity contribution is -0.220. The van der Waals surface area contributed by atoms with Gasteiger partial charge in [0.2, 0.25) is 5.78 Å². The Balaban J connectivity index is 1.52. The lowest BCUT2D eigenvalue weighted by Crippen LogP contribution is -2.69. The van der Waals surface area contributed by atoms with Gasteiger partial charge in [0, 0.05) is 16.7 Å². The van der Waals surface area contributed by atoms with Crippen molar-refractivity contribution in [1.29, 1.82) is 0 Å². The van der Waals surface area contributed by atoms with E-state index in [9.17, 15) is 34.2 Å². The lowest BCUT2D eigenvalue weighted by Gasteiger charge is -2.62. The number of aliphatic hydroxyl groups is 2. The predicted molar refractivity (Wildman–Crippen MR) is 149 cm³/mol. The van der Waals surface area contributed by atoms with Gasteiger partial charge in [-0.15, -0.1) is 0 Å². The maximum atomic E-state index is 17.3. The summed E-state index contributed by atoms with van der Waals surface area (Å²) in [6, 6.07) is 0. The summed E-state index contributed by atoms with van der Waals surface area (Å²) in [5.74, 6) is -5.41. The number of fused-ring (bicyclic) bond motifs is 5. The molecular weight excluding hydrogens is 565 g/mol. The first-order valence-corrected chi connectivity index (χ1v) is 14.6. The van der Waals surface area contributed by atoms with Crippen molar-refractivity contribution in [2.45, 2.75) is 90.2 Å². The molecule has 0 aromatic rings. The van der Waals surface area contributed by atoms with Crippen molar-refractivity contribution in [3.8, 4) is 0 Å². The summed E-state index contributed by atoms with van der Waals surface area (Å²) in [7, 11) is 0. The van der Waals surface area contributed by atoms with Crippen molar-refractivity contribution in [2.75, 3.05) is 19.7 Å². The molecule has 4 aliphatic carbocycles. The van der Waals surface area contributed by atoms with E-state index in [0.29, 0.717) is 29.7 Å². The molecule has 0 saturated heterocycles. The van der Waals surface area contributed by atoms with E-state index < -0.39 is 95.1 Å². The molecule has 1 amide bonds. The Labute approximate surface area is 250 Å². The van der Waals surface area contributed by atoms with Gasteiger partial charge in [0.25, 0.3) is 0 Å². The van der Waals surface area contributed by atoms with Gasteiger partial charge in [0.05, 0.1) is 6.10 Å². The van der Waals surface area contributed by atoms with E-state index in [2.05, 4.69) is 0 Å². The monoisotopic (exact) mass is 607 g/mol. The zero-order valence-electron chi connectivity index (χ0n) is 25.5. The molecule has 12 heteroatoms. The van der Waals surface area contributed by atoms with Crippen molar-refractivity contribution < 1.29 is 53.2 Å². The lowest BCUT2D eigenvalue weighted by atomic mass is 9.44. The summed E-state index contributed by atoms with van der Waals surface area (Å²) in [5, 5.41) is 32.6. The molecule has 4 aliphatic rings. The Hall–Kier alpha value is -3.12. The number of nitrogens with zero attached hydrogens (tertiary/aromatic N) is 1. The van der Waals surface area contributed by atoms with Crippen LogP contribution in [0.1, 0.15) is 67.2 Å². The average molecular weight is 608 g/mol. The number of ketones is 2. The number of rotatable bonds is 7. The molecule has 3 saturated carbocycles. The van der Waals surface area contributed by atoms with Crippen LogP contribution in [0.15, 0.2) is 23.8 Å². The van der Waals surface area contributed by atoms with Gasteiger partial charge in [-0.05, 0) is 77.4 Å². The van der Waals surface area contributed by atoms with Crippen LogP contribution in [0.2, 0.25) is 0 Å². The molecule has 3 N–H and O–H groups in total. The fourth-order valence-corrected chi connectivity index (χ4v) is 8.27. The Kier molecular flexibility index (Phi) is 8.23. The van der Waals surface area contributed by atoms with Crippen molar-refractivity contribution in [3.05, 3.63) is 23.8 Å². The Morgan fingerprint density at radius 2 is 1.79 bits per heavy atom. The minimum atomic E-state index is -2.13. The topological polar surface area (TPSA) is 168 Å². The molecule has 0 aromatic carbocycles. The van der Waals surface area contributed by atoms with E-state index in [4.69, 9.17) is 14.6 Å². The number of hydrogen-bond donors (Lipinski definition) is 3. The van der Waals surface area contributed by atoms with Crippen LogP contribution in [0.4, 0.5) is 9.18 Å². The molecule has 4 rings (SSSR count). The molecule has 0 heterocycles. The number of esters is 1. The standard InChI is InChI=1S/C31H42FNO10/c1-17-11-21-20-8-7-18-12-19(34)9-10-28(18,5)30(20,32)22(35)13-29(21,6)31(17,41)23(36)16-42-25(39)15-33(14-24(37)38)26(40)43-27(2,3)4/h9-10,12,17,20-22,35,41H,7-8,11,13-16H2,1-6H3,(H,37,38)/t17-,20?,21?,22-,28-,29-,30-,31-/m0/s1. The van der Waals surface area contributed by atoms with Crippen molar-refractivity contribution in [2.24, 2.45) is 28.6 Å². The summed E-state index contributed by atoms with van der Waals surface area (Å²) in [6.45, 7) is 7.21. The second-order valence-electron chi connectivity index (χ2n) is 14.0. The van der Waals surface area contributed by atoms with Crippen molar-refractivity contribution in [3.63, 3.8) is 0 Å². The Bertz CT molecular complexity index is 1290. The van der Waals surface area contributed by atoms with E-state index in [0.717, 1.165) is 0 Å². The maximum Gasteiger partial charge on any atom is 0.411 e. The largest absolute Gasteiger partial charge is 0.480 e. The number of carboxylic acids is 1. The molecule has 0 spiro atoms. The van der Waals surface area contributed by atoms with Crippen LogP contribution in [0.3, 0.4) is 0 Å². The minimum absolute atomic E-state index is 0.231. The van der Waals surface area contributed by atoms with Crippen LogP contribution in [-0.2, 0) is 28.7 Å². The Morgan fingerprint density at radius 1 is 1.14 bits per heavy atom. The third-order valence-corrected chi connectivity index (χ3v) is 10.3. The average Bonchev–Trinajstić information content (AvgIpc) is 3.08. The number of carboxylic acid groups (broad SMARTS) is 1.